The number of piperidine rings is 1. The molecule has 1 aliphatic heterocycles. The van der Waals surface area contributed by atoms with Crippen molar-refractivity contribution in [2.24, 2.45) is 0 Å². The molecule has 20 heavy (non-hydrogen) atoms. The molecule has 0 saturated carbocycles. The van der Waals surface area contributed by atoms with Crippen LogP contribution in [0.4, 0.5) is 0 Å². The molecule has 2 N–H and O–H groups in total. The van der Waals surface area contributed by atoms with E-state index < -0.39 is 5.54 Å². The van der Waals surface area contributed by atoms with E-state index in [0.717, 1.165) is 37.1 Å². The first-order chi connectivity index (χ1) is 9.57. The zero-order valence-electron chi connectivity index (χ0n) is 12.5. The first-order valence-electron chi connectivity index (χ1n) is 7.26. The van der Waals surface area contributed by atoms with E-state index in [4.69, 9.17) is 4.74 Å². The molecule has 1 amide bonds. The Morgan fingerprint density at radius 2 is 2.15 bits per heavy atom. The molecular formula is C16H24N2O2. The van der Waals surface area contributed by atoms with Gasteiger partial charge in [0.15, 0.2) is 0 Å². The van der Waals surface area contributed by atoms with E-state index in [2.05, 4.69) is 10.6 Å². The number of para-hydroxylation sites is 1. The average molecular weight is 276 g/mol. The molecule has 4 heteroatoms. The van der Waals surface area contributed by atoms with Gasteiger partial charge < -0.3 is 15.4 Å². The fraction of sp³-hybridized carbons (Fsp3) is 0.562. The van der Waals surface area contributed by atoms with Crippen molar-refractivity contribution >= 4 is 5.91 Å². The lowest BCUT2D eigenvalue weighted by atomic mass is 9.89. The van der Waals surface area contributed by atoms with Crippen molar-refractivity contribution in [2.45, 2.75) is 44.7 Å². The van der Waals surface area contributed by atoms with Crippen LogP contribution < -0.4 is 15.4 Å². The quantitative estimate of drug-likeness (QED) is 0.888. The van der Waals surface area contributed by atoms with Gasteiger partial charge in [0.2, 0.25) is 5.91 Å². The number of hydrogen-bond acceptors (Lipinski definition) is 3. The number of amides is 1. The van der Waals surface area contributed by atoms with Crippen LogP contribution in [0.1, 0.15) is 44.7 Å². The van der Waals surface area contributed by atoms with Gasteiger partial charge in [0, 0.05) is 5.56 Å². The Kier molecular flexibility index (Phi) is 4.65. The third-order valence-electron chi connectivity index (χ3n) is 4.07. The van der Waals surface area contributed by atoms with E-state index >= 15 is 0 Å². The first-order valence-corrected chi connectivity index (χ1v) is 7.26. The van der Waals surface area contributed by atoms with Crippen molar-refractivity contribution in [1.82, 2.24) is 10.6 Å². The van der Waals surface area contributed by atoms with Crippen molar-refractivity contribution in [3.05, 3.63) is 29.8 Å². The number of ether oxygens (including phenoxy) is 1. The molecule has 0 bridgehead atoms. The molecule has 1 heterocycles. The summed E-state index contributed by atoms with van der Waals surface area (Å²) in [7, 11) is 1.65. The van der Waals surface area contributed by atoms with Gasteiger partial charge in [-0.3, -0.25) is 4.79 Å². The summed E-state index contributed by atoms with van der Waals surface area (Å²) in [6.07, 6.45) is 3.13. The Morgan fingerprint density at radius 3 is 2.80 bits per heavy atom. The summed E-state index contributed by atoms with van der Waals surface area (Å²) in [5, 5.41) is 6.44. The van der Waals surface area contributed by atoms with E-state index in [1.54, 1.807) is 7.11 Å². The highest BCUT2D eigenvalue weighted by Gasteiger charge is 2.35. The van der Waals surface area contributed by atoms with Gasteiger partial charge in [-0.15, -0.1) is 0 Å². The average Bonchev–Trinajstić information content (AvgIpc) is 2.47. The van der Waals surface area contributed by atoms with Crippen LogP contribution in [0.3, 0.4) is 0 Å². The molecule has 1 aromatic carbocycles. The molecular weight excluding hydrogens is 252 g/mol. The van der Waals surface area contributed by atoms with Gasteiger partial charge in [-0.05, 0) is 45.7 Å². The summed E-state index contributed by atoms with van der Waals surface area (Å²) in [6, 6.07) is 7.72. The minimum absolute atomic E-state index is 0.0654. The standard InChI is InChI=1S/C16H24N2O2/c1-12(13-8-4-5-9-14(13)20-3)18-15(19)16(2)10-6-7-11-17-16/h4-5,8-9,12,17H,6-7,10-11H2,1-3H3,(H,18,19)/t12-,16?/m0/s1. The topological polar surface area (TPSA) is 50.4 Å². The van der Waals surface area contributed by atoms with Gasteiger partial charge in [-0.25, -0.2) is 0 Å². The minimum Gasteiger partial charge on any atom is -0.496 e. The summed E-state index contributed by atoms with van der Waals surface area (Å²) in [4.78, 5) is 12.5. The summed E-state index contributed by atoms with van der Waals surface area (Å²) in [5.74, 6) is 0.873. The fourth-order valence-corrected chi connectivity index (χ4v) is 2.71. The number of methoxy groups -OCH3 is 1. The lowest BCUT2D eigenvalue weighted by molar-refractivity contribution is -0.128. The summed E-state index contributed by atoms with van der Waals surface area (Å²) >= 11 is 0. The molecule has 1 saturated heterocycles. The lowest BCUT2D eigenvalue weighted by Gasteiger charge is -2.34. The van der Waals surface area contributed by atoms with E-state index in [-0.39, 0.29) is 11.9 Å². The molecule has 110 valence electrons. The van der Waals surface area contributed by atoms with Crippen LogP contribution in [0.25, 0.3) is 0 Å². The van der Waals surface area contributed by atoms with Gasteiger partial charge in [-0.2, -0.15) is 0 Å². The van der Waals surface area contributed by atoms with Crippen molar-refractivity contribution in [3.8, 4) is 5.75 Å². The van der Waals surface area contributed by atoms with Gasteiger partial charge in [0.25, 0.3) is 0 Å². The fourth-order valence-electron chi connectivity index (χ4n) is 2.71. The zero-order valence-corrected chi connectivity index (χ0v) is 12.5. The Balaban J connectivity index is 2.07. The molecule has 0 aromatic heterocycles. The molecule has 0 spiro atoms. The van der Waals surface area contributed by atoms with Crippen molar-refractivity contribution in [2.75, 3.05) is 13.7 Å². The third kappa shape index (κ3) is 3.12. The normalized spacial score (nSPS) is 23.9. The molecule has 0 aliphatic carbocycles. The first kappa shape index (κ1) is 14.9. The Bertz CT molecular complexity index is 467. The molecule has 0 radical (unpaired) electrons. The Morgan fingerprint density at radius 1 is 1.40 bits per heavy atom. The minimum atomic E-state index is -0.450. The van der Waals surface area contributed by atoms with Gasteiger partial charge >= 0.3 is 0 Å². The van der Waals surface area contributed by atoms with E-state index in [1.807, 2.05) is 38.1 Å². The number of rotatable bonds is 4. The highest BCUT2D eigenvalue weighted by molar-refractivity contribution is 5.86. The second-order valence-electron chi connectivity index (χ2n) is 5.65. The molecule has 1 aliphatic rings. The van der Waals surface area contributed by atoms with Crippen molar-refractivity contribution in [1.29, 1.82) is 0 Å². The second-order valence-corrected chi connectivity index (χ2v) is 5.65. The highest BCUT2D eigenvalue weighted by atomic mass is 16.5. The maximum Gasteiger partial charge on any atom is 0.240 e. The molecule has 1 fully saturated rings. The molecule has 1 aromatic rings. The van der Waals surface area contributed by atoms with Crippen LogP contribution in [-0.2, 0) is 4.79 Å². The molecule has 2 atom stereocenters. The molecule has 2 rings (SSSR count). The van der Waals surface area contributed by atoms with Crippen LogP contribution in [0.2, 0.25) is 0 Å². The second kappa shape index (κ2) is 6.27. The van der Waals surface area contributed by atoms with Crippen LogP contribution >= 0.6 is 0 Å². The van der Waals surface area contributed by atoms with Crippen LogP contribution in [0.5, 0.6) is 5.75 Å². The smallest absolute Gasteiger partial charge is 0.240 e. The molecule has 4 nitrogen and oxygen atoms in total. The van der Waals surface area contributed by atoms with Crippen LogP contribution in [0.15, 0.2) is 24.3 Å². The monoisotopic (exact) mass is 276 g/mol. The largest absolute Gasteiger partial charge is 0.496 e. The van der Waals surface area contributed by atoms with Crippen LogP contribution in [-0.4, -0.2) is 25.1 Å². The maximum absolute atomic E-state index is 12.5. The van der Waals surface area contributed by atoms with Gasteiger partial charge in [0.05, 0.1) is 18.7 Å². The number of carbonyl (C=O) groups excluding carboxylic acids is 1. The van der Waals surface area contributed by atoms with E-state index in [0.29, 0.717) is 0 Å². The summed E-state index contributed by atoms with van der Waals surface area (Å²) in [5.41, 5.74) is 0.553. The van der Waals surface area contributed by atoms with Crippen molar-refractivity contribution < 1.29 is 9.53 Å². The van der Waals surface area contributed by atoms with E-state index in [1.165, 1.54) is 0 Å². The predicted molar refractivity (Wildman–Crippen MR) is 79.8 cm³/mol. The Hall–Kier alpha value is -1.55. The number of benzene rings is 1. The number of carbonyl (C=O) groups is 1. The highest BCUT2D eigenvalue weighted by Crippen LogP contribution is 2.26. The van der Waals surface area contributed by atoms with E-state index in [9.17, 15) is 4.79 Å². The number of nitrogens with one attached hydrogen (secondary N) is 2. The molecule has 1 unspecified atom stereocenters. The number of hydrogen-bond donors (Lipinski definition) is 2. The SMILES string of the molecule is COc1ccccc1[C@H](C)NC(=O)C1(C)CCCCN1. The maximum atomic E-state index is 12.5. The Labute approximate surface area is 120 Å². The van der Waals surface area contributed by atoms with Gasteiger partial charge in [0.1, 0.15) is 5.75 Å². The predicted octanol–water partition coefficient (Wildman–Crippen LogP) is 2.40. The third-order valence-corrected chi connectivity index (χ3v) is 4.07. The summed E-state index contributed by atoms with van der Waals surface area (Å²) in [6.45, 7) is 4.88. The zero-order chi connectivity index (χ0) is 14.6. The summed E-state index contributed by atoms with van der Waals surface area (Å²) < 4.78 is 5.35. The van der Waals surface area contributed by atoms with Gasteiger partial charge in [-0.1, -0.05) is 18.2 Å². The lowest BCUT2D eigenvalue weighted by Crippen LogP contribution is -2.57. The van der Waals surface area contributed by atoms with Crippen molar-refractivity contribution in [3.63, 3.8) is 0 Å². The van der Waals surface area contributed by atoms with Crippen LogP contribution in [0, 0.1) is 0 Å².